The Morgan fingerprint density at radius 2 is 1.91 bits per heavy atom. The van der Waals surface area contributed by atoms with Gasteiger partial charge in [-0.3, -0.25) is 19.7 Å². The summed E-state index contributed by atoms with van der Waals surface area (Å²) in [7, 11) is 0. The van der Waals surface area contributed by atoms with Gasteiger partial charge in [-0.25, -0.2) is 4.39 Å². The maximum atomic E-state index is 13.9. The molecule has 22 heavy (non-hydrogen) atoms. The Morgan fingerprint density at radius 3 is 2.55 bits per heavy atom. The van der Waals surface area contributed by atoms with Gasteiger partial charge in [0, 0.05) is 13.0 Å². The van der Waals surface area contributed by atoms with E-state index in [2.05, 4.69) is 5.32 Å². The first kappa shape index (κ1) is 16.1. The molecule has 1 aromatic carbocycles. The largest absolute Gasteiger partial charge is 0.322 e. The molecule has 2 heterocycles. The normalized spacial score (nSPS) is 20.3. The number of nitrogens with one attached hydrogen (secondary N) is 1. The van der Waals surface area contributed by atoms with E-state index < -0.39 is 23.7 Å². The number of hydrogen-bond acceptors (Lipinski definition) is 3. The molecule has 1 fully saturated rings. The molecule has 1 saturated heterocycles. The smallest absolute Gasteiger partial charge is 0.258 e. The third-order valence-corrected chi connectivity index (χ3v) is 3.72. The average molecular weight is 306 g/mol. The molecule has 0 aliphatic carbocycles. The number of piperidine rings is 1. The van der Waals surface area contributed by atoms with Crippen LogP contribution in [0.15, 0.2) is 12.1 Å². The van der Waals surface area contributed by atoms with Gasteiger partial charge in [-0.15, -0.1) is 0 Å². The highest BCUT2D eigenvalue weighted by Crippen LogP contribution is 2.29. The van der Waals surface area contributed by atoms with Gasteiger partial charge in [0.15, 0.2) is 0 Å². The lowest BCUT2D eigenvalue weighted by molar-refractivity contribution is -0.136. The topological polar surface area (TPSA) is 66.5 Å². The van der Waals surface area contributed by atoms with Gasteiger partial charge in [0.1, 0.15) is 11.9 Å². The van der Waals surface area contributed by atoms with Gasteiger partial charge < -0.3 is 4.90 Å². The van der Waals surface area contributed by atoms with Crippen LogP contribution in [-0.4, -0.2) is 28.7 Å². The number of imide groups is 1. The quantitative estimate of drug-likeness (QED) is 0.806. The van der Waals surface area contributed by atoms with Crippen molar-refractivity contribution in [3.63, 3.8) is 0 Å². The number of hydrogen-bond donors (Lipinski definition) is 1. The van der Waals surface area contributed by atoms with Gasteiger partial charge in [-0.2, -0.15) is 0 Å². The number of carbonyl (C=O) groups excluding carboxylic acids is 3. The van der Waals surface area contributed by atoms with E-state index in [-0.39, 0.29) is 30.9 Å². The lowest BCUT2D eigenvalue weighted by Gasteiger charge is -2.29. The van der Waals surface area contributed by atoms with Crippen LogP contribution in [0, 0.1) is 12.7 Å². The monoisotopic (exact) mass is 306 g/mol. The summed E-state index contributed by atoms with van der Waals surface area (Å²) in [4.78, 5) is 36.6. The molecule has 0 aromatic heterocycles. The van der Waals surface area contributed by atoms with Crippen LogP contribution in [0.2, 0.25) is 0 Å². The summed E-state index contributed by atoms with van der Waals surface area (Å²) in [6.45, 7) is 5.96. The molecule has 0 spiro atoms. The van der Waals surface area contributed by atoms with Crippen molar-refractivity contribution in [1.29, 1.82) is 0 Å². The van der Waals surface area contributed by atoms with Crippen LogP contribution < -0.4 is 5.32 Å². The standard InChI is InChI=1S/C14H13FN2O3.C2H6/c1-7-4-8-6-17(14(20)12(8)9(15)5-7)10-2-3-11(18)16-13(10)19;1-2/h4-5,10H,2-3,6H2,1H3,(H,16,18,19);1-2H3. The fourth-order valence-electron chi connectivity index (χ4n) is 2.81. The molecule has 2 aliphatic heterocycles. The summed E-state index contributed by atoms with van der Waals surface area (Å²) in [6.07, 6.45) is 0.475. The van der Waals surface area contributed by atoms with Crippen LogP contribution in [0.4, 0.5) is 4.39 Å². The van der Waals surface area contributed by atoms with Crippen LogP contribution in [0.25, 0.3) is 0 Å². The number of benzene rings is 1. The average Bonchev–Trinajstić information content (AvgIpc) is 2.78. The van der Waals surface area contributed by atoms with Gasteiger partial charge in [0.05, 0.1) is 5.56 Å². The van der Waals surface area contributed by atoms with Crippen molar-refractivity contribution >= 4 is 17.7 Å². The zero-order valence-corrected chi connectivity index (χ0v) is 12.9. The van der Waals surface area contributed by atoms with Crippen molar-refractivity contribution in [2.75, 3.05) is 0 Å². The number of nitrogens with zero attached hydrogens (tertiary/aromatic N) is 1. The van der Waals surface area contributed by atoms with Gasteiger partial charge >= 0.3 is 0 Å². The van der Waals surface area contributed by atoms with Crippen LogP contribution in [0.5, 0.6) is 0 Å². The van der Waals surface area contributed by atoms with E-state index in [9.17, 15) is 18.8 Å². The van der Waals surface area contributed by atoms with E-state index in [4.69, 9.17) is 0 Å². The first-order valence-electron chi connectivity index (χ1n) is 7.41. The molecule has 3 amide bonds. The molecule has 5 nitrogen and oxygen atoms in total. The summed E-state index contributed by atoms with van der Waals surface area (Å²) < 4.78 is 13.9. The minimum absolute atomic E-state index is 0.0419. The fraction of sp³-hybridized carbons (Fsp3) is 0.438. The highest BCUT2D eigenvalue weighted by molar-refractivity contribution is 6.05. The second-order valence-corrected chi connectivity index (χ2v) is 5.18. The fourth-order valence-corrected chi connectivity index (χ4v) is 2.81. The maximum absolute atomic E-state index is 13.9. The van der Waals surface area contributed by atoms with Crippen LogP contribution in [0.1, 0.15) is 48.2 Å². The van der Waals surface area contributed by atoms with E-state index in [0.29, 0.717) is 5.56 Å². The minimum atomic E-state index is -0.702. The Kier molecular flexibility index (Phi) is 4.59. The molecule has 1 atom stereocenters. The molecule has 6 heteroatoms. The Balaban J connectivity index is 0.000000847. The molecule has 1 aromatic rings. The van der Waals surface area contributed by atoms with E-state index in [1.54, 1.807) is 13.0 Å². The maximum Gasteiger partial charge on any atom is 0.258 e. The van der Waals surface area contributed by atoms with Crippen molar-refractivity contribution in [3.05, 3.63) is 34.6 Å². The Bertz CT molecular complexity index is 643. The van der Waals surface area contributed by atoms with Crippen LogP contribution >= 0.6 is 0 Å². The Hall–Kier alpha value is -2.24. The molecule has 2 aliphatic rings. The molecule has 118 valence electrons. The number of halogens is 1. The van der Waals surface area contributed by atoms with Gasteiger partial charge in [-0.05, 0) is 30.5 Å². The Labute approximate surface area is 128 Å². The number of amides is 3. The number of rotatable bonds is 1. The summed E-state index contributed by atoms with van der Waals surface area (Å²) >= 11 is 0. The molecule has 0 radical (unpaired) electrons. The van der Waals surface area contributed by atoms with Crippen molar-refractivity contribution < 1.29 is 18.8 Å². The molecular formula is C16H19FN2O3. The van der Waals surface area contributed by atoms with E-state index in [1.807, 2.05) is 13.8 Å². The summed E-state index contributed by atoms with van der Waals surface area (Å²) in [6, 6.07) is 2.36. The second-order valence-electron chi connectivity index (χ2n) is 5.18. The number of carbonyl (C=O) groups is 3. The number of aryl methyl sites for hydroxylation is 1. The van der Waals surface area contributed by atoms with Gasteiger partial charge in [0.25, 0.3) is 5.91 Å². The second kappa shape index (κ2) is 6.25. The van der Waals surface area contributed by atoms with Crippen molar-refractivity contribution in [3.8, 4) is 0 Å². The first-order valence-corrected chi connectivity index (χ1v) is 7.41. The SMILES string of the molecule is CC.Cc1cc(F)c2c(c1)CN(C1CCC(=O)NC1=O)C2=O. The lowest BCUT2D eigenvalue weighted by Crippen LogP contribution is -2.52. The number of fused-ring (bicyclic) bond motifs is 1. The first-order chi connectivity index (χ1) is 10.5. The van der Waals surface area contributed by atoms with E-state index >= 15 is 0 Å². The van der Waals surface area contributed by atoms with Crippen molar-refractivity contribution in [2.45, 2.75) is 46.2 Å². The highest BCUT2D eigenvalue weighted by Gasteiger charge is 2.40. The van der Waals surface area contributed by atoms with Gasteiger partial charge in [-0.1, -0.05) is 19.9 Å². The summed E-state index contributed by atoms with van der Waals surface area (Å²) in [5.41, 5.74) is 1.37. The predicted octanol–water partition coefficient (Wildman–Crippen LogP) is 1.92. The molecule has 0 bridgehead atoms. The van der Waals surface area contributed by atoms with E-state index in [0.717, 1.165) is 5.56 Å². The van der Waals surface area contributed by atoms with Crippen molar-refractivity contribution in [1.82, 2.24) is 10.2 Å². The zero-order chi connectivity index (χ0) is 16.4. The third kappa shape index (κ3) is 2.73. The van der Waals surface area contributed by atoms with Crippen LogP contribution in [-0.2, 0) is 16.1 Å². The minimum Gasteiger partial charge on any atom is -0.322 e. The van der Waals surface area contributed by atoms with E-state index in [1.165, 1.54) is 11.0 Å². The molecule has 1 N–H and O–H groups in total. The molecular weight excluding hydrogens is 287 g/mol. The van der Waals surface area contributed by atoms with Crippen LogP contribution in [0.3, 0.4) is 0 Å². The highest BCUT2D eigenvalue weighted by atomic mass is 19.1. The zero-order valence-electron chi connectivity index (χ0n) is 12.9. The van der Waals surface area contributed by atoms with Gasteiger partial charge in [0.2, 0.25) is 11.8 Å². The Morgan fingerprint density at radius 1 is 1.23 bits per heavy atom. The third-order valence-electron chi connectivity index (χ3n) is 3.72. The summed E-state index contributed by atoms with van der Waals surface area (Å²) in [5.74, 6) is -1.86. The van der Waals surface area contributed by atoms with Crippen molar-refractivity contribution in [2.24, 2.45) is 0 Å². The predicted molar refractivity (Wildman–Crippen MR) is 78.5 cm³/mol. The molecule has 1 unspecified atom stereocenters. The summed E-state index contributed by atoms with van der Waals surface area (Å²) in [5, 5.41) is 2.21. The molecule has 3 rings (SSSR count). The molecule has 0 saturated carbocycles. The lowest BCUT2D eigenvalue weighted by atomic mass is 10.0.